The molecular weight excluding hydrogens is 370 g/mol. The van der Waals surface area contributed by atoms with E-state index in [1.54, 1.807) is 24.5 Å². The monoisotopic (exact) mass is 385 g/mol. The van der Waals surface area contributed by atoms with Crippen LogP contribution in [0.4, 0.5) is 0 Å². The van der Waals surface area contributed by atoms with Crippen molar-refractivity contribution < 1.29 is 0 Å². The highest BCUT2D eigenvalue weighted by molar-refractivity contribution is 6.05. The molecule has 0 N–H and O–H groups in total. The van der Waals surface area contributed by atoms with Crippen LogP contribution in [0.25, 0.3) is 38.8 Å². The van der Waals surface area contributed by atoms with Gasteiger partial charge in [-0.3, -0.25) is 14.5 Å². The summed E-state index contributed by atoms with van der Waals surface area (Å²) in [4.78, 5) is 13.6. The van der Waals surface area contributed by atoms with Crippen LogP contribution in [0.1, 0.15) is 17.1 Å². The molecule has 0 aliphatic carbocycles. The fraction of sp³-hybridized carbons (Fsp3) is 0.0400. The molecule has 2 aromatic carbocycles. The van der Waals surface area contributed by atoms with Crippen molar-refractivity contribution in [2.45, 2.75) is 6.92 Å². The van der Waals surface area contributed by atoms with Gasteiger partial charge in [0.05, 0.1) is 28.9 Å². The Bertz CT molecular complexity index is 1510. The second-order valence-corrected chi connectivity index (χ2v) is 6.93. The molecule has 0 spiro atoms. The summed E-state index contributed by atoms with van der Waals surface area (Å²) >= 11 is 0. The molecule has 0 saturated carbocycles. The molecule has 30 heavy (non-hydrogen) atoms. The molecule has 0 atom stereocenters. The van der Waals surface area contributed by atoms with Gasteiger partial charge >= 0.3 is 0 Å². The Morgan fingerprint density at radius 1 is 1.00 bits per heavy atom. The standard InChI is InChI=1S/C25H15N5/c1-3-24-29-23-15-28-22-11-8-18(20-5-4-12-27-16(20)2)13-21(22)25(23)30(24)19-9-6-17(14-26)7-10-19/h1,4-13,15H,2H3. The number of rotatable bonds is 2. The average molecular weight is 385 g/mol. The highest BCUT2D eigenvalue weighted by atomic mass is 15.1. The Morgan fingerprint density at radius 2 is 1.83 bits per heavy atom. The van der Waals surface area contributed by atoms with E-state index in [1.807, 2.05) is 35.8 Å². The fourth-order valence-corrected chi connectivity index (χ4v) is 3.75. The largest absolute Gasteiger partial charge is 0.285 e. The van der Waals surface area contributed by atoms with Gasteiger partial charge in [0.25, 0.3) is 0 Å². The predicted molar refractivity (Wildman–Crippen MR) is 117 cm³/mol. The van der Waals surface area contributed by atoms with E-state index in [9.17, 15) is 0 Å². The summed E-state index contributed by atoms with van der Waals surface area (Å²) in [6.07, 6.45) is 9.31. The second-order valence-electron chi connectivity index (χ2n) is 6.93. The number of pyridine rings is 2. The number of imidazole rings is 1. The van der Waals surface area contributed by atoms with E-state index in [-0.39, 0.29) is 0 Å². The molecule has 0 aliphatic rings. The lowest BCUT2D eigenvalue weighted by Crippen LogP contribution is -1.98. The molecular formula is C25H15N5. The molecule has 5 rings (SSSR count). The van der Waals surface area contributed by atoms with Gasteiger partial charge in [0.1, 0.15) is 5.52 Å². The van der Waals surface area contributed by atoms with Gasteiger partial charge in [-0.1, -0.05) is 12.1 Å². The maximum atomic E-state index is 9.12. The number of aryl methyl sites for hydroxylation is 1. The van der Waals surface area contributed by atoms with Gasteiger partial charge in [-0.05, 0) is 60.9 Å². The van der Waals surface area contributed by atoms with E-state index in [4.69, 9.17) is 11.7 Å². The molecule has 0 bridgehead atoms. The lowest BCUT2D eigenvalue weighted by molar-refractivity contribution is 1.06. The van der Waals surface area contributed by atoms with Gasteiger partial charge in [-0.25, -0.2) is 4.98 Å². The summed E-state index contributed by atoms with van der Waals surface area (Å²) in [5.74, 6) is 3.17. The Hall–Kier alpha value is -4.48. The molecule has 0 radical (unpaired) electrons. The number of terminal acetylenes is 1. The van der Waals surface area contributed by atoms with Crippen molar-refractivity contribution in [3.8, 4) is 35.2 Å². The number of hydrogen-bond acceptors (Lipinski definition) is 4. The molecule has 140 valence electrons. The van der Waals surface area contributed by atoms with E-state index in [0.717, 1.165) is 44.4 Å². The summed E-state index contributed by atoms with van der Waals surface area (Å²) in [7, 11) is 0. The zero-order chi connectivity index (χ0) is 20.7. The van der Waals surface area contributed by atoms with Gasteiger partial charge in [0.15, 0.2) is 5.82 Å². The van der Waals surface area contributed by atoms with E-state index < -0.39 is 0 Å². The highest BCUT2D eigenvalue weighted by Gasteiger charge is 2.16. The molecule has 0 aliphatic heterocycles. The van der Waals surface area contributed by atoms with Crippen LogP contribution >= 0.6 is 0 Å². The molecule has 5 heteroatoms. The summed E-state index contributed by atoms with van der Waals surface area (Å²) in [5, 5.41) is 10.1. The van der Waals surface area contributed by atoms with Gasteiger partial charge in [-0.15, -0.1) is 6.42 Å². The summed E-state index contributed by atoms with van der Waals surface area (Å²) < 4.78 is 1.94. The zero-order valence-corrected chi connectivity index (χ0v) is 16.2. The number of aromatic nitrogens is 4. The van der Waals surface area contributed by atoms with Crippen LogP contribution in [-0.2, 0) is 0 Å². The average Bonchev–Trinajstić information content (AvgIpc) is 3.18. The van der Waals surface area contributed by atoms with Gasteiger partial charge in [0, 0.05) is 28.5 Å². The molecule has 0 amide bonds. The third kappa shape index (κ3) is 2.70. The Morgan fingerprint density at radius 3 is 2.57 bits per heavy atom. The first-order valence-corrected chi connectivity index (χ1v) is 9.40. The third-order valence-electron chi connectivity index (χ3n) is 5.18. The van der Waals surface area contributed by atoms with E-state index in [2.05, 4.69) is 45.1 Å². The van der Waals surface area contributed by atoms with Crippen LogP contribution in [-0.4, -0.2) is 19.5 Å². The van der Waals surface area contributed by atoms with Crippen molar-refractivity contribution in [2.75, 3.05) is 0 Å². The number of hydrogen-bond donors (Lipinski definition) is 0. The zero-order valence-electron chi connectivity index (χ0n) is 16.2. The number of benzene rings is 2. The van der Waals surface area contributed by atoms with Gasteiger partial charge in [0.2, 0.25) is 0 Å². The predicted octanol–water partition coefficient (Wildman–Crippen LogP) is 4.80. The Kier molecular flexibility index (Phi) is 4.02. The first kappa shape index (κ1) is 17.6. The fourth-order valence-electron chi connectivity index (χ4n) is 3.75. The Labute approximate surface area is 173 Å². The van der Waals surface area contributed by atoms with Crippen molar-refractivity contribution >= 4 is 21.9 Å². The highest BCUT2D eigenvalue weighted by Crippen LogP contribution is 2.31. The van der Waals surface area contributed by atoms with Crippen LogP contribution in [0, 0.1) is 30.6 Å². The maximum Gasteiger partial charge on any atom is 0.190 e. The molecule has 5 aromatic rings. The van der Waals surface area contributed by atoms with Crippen LogP contribution < -0.4 is 0 Å². The second kappa shape index (κ2) is 6.84. The van der Waals surface area contributed by atoms with Crippen LogP contribution in [0.5, 0.6) is 0 Å². The third-order valence-corrected chi connectivity index (χ3v) is 5.18. The normalized spacial score (nSPS) is 10.8. The SMILES string of the molecule is C#Cc1nc2cnc3ccc(-c4cccnc4C)cc3c2n1-c1ccc(C#N)cc1. The van der Waals surface area contributed by atoms with Crippen LogP contribution in [0.2, 0.25) is 0 Å². The summed E-state index contributed by atoms with van der Waals surface area (Å²) in [6.45, 7) is 2.00. The van der Waals surface area contributed by atoms with Gasteiger partial charge < -0.3 is 0 Å². The number of nitrogens with zero attached hydrogens (tertiary/aromatic N) is 5. The van der Waals surface area contributed by atoms with Crippen molar-refractivity contribution in [3.63, 3.8) is 0 Å². The minimum atomic E-state index is 0.493. The summed E-state index contributed by atoms with van der Waals surface area (Å²) in [6, 6.07) is 19.6. The van der Waals surface area contributed by atoms with Crippen LogP contribution in [0.3, 0.4) is 0 Å². The molecule has 3 aromatic heterocycles. The number of nitriles is 1. The first-order valence-electron chi connectivity index (χ1n) is 9.40. The van der Waals surface area contributed by atoms with Crippen molar-refractivity contribution in [2.24, 2.45) is 0 Å². The first-order chi connectivity index (χ1) is 14.7. The van der Waals surface area contributed by atoms with E-state index in [0.29, 0.717) is 11.4 Å². The smallest absolute Gasteiger partial charge is 0.190 e. The molecule has 0 fully saturated rings. The molecule has 3 heterocycles. The van der Waals surface area contributed by atoms with Crippen molar-refractivity contribution in [1.82, 2.24) is 19.5 Å². The molecule has 0 unspecified atom stereocenters. The van der Waals surface area contributed by atoms with E-state index >= 15 is 0 Å². The van der Waals surface area contributed by atoms with Crippen molar-refractivity contribution in [1.29, 1.82) is 5.26 Å². The Balaban J connectivity index is 1.85. The maximum absolute atomic E-state index is 9.12. The van der Waals surface area contributed by atoms with Crippen molar-refractivity contribution in [3.05, 3.63) is 84.1 Å². The quantitative estimate of drug-likeness (QED) is 0.410. The van der Waals surface area contributed by atoms with Crippen LogP contribution in [0.15, 0.2) is 67.0 Å². The number of fused-ring (bicyclic) bond motifs is 3. The minimum Gasteiger partial charge on any atom is -0.285 e. The lowest BCUT2D eigenvalue weighted by Gasteiger charge is -2.10. The lowest BCUT2D eigenvalue weighted by atomic mass is 10.0. The topological polar surface area (TPSA) is 67.4 Å². The van der Waals surface area contributed by atoms with E-state index in [1.165, 1.54) is 0 Å². The molecule has 0 saturated heterocycles. The molecule has 5 nitrogen and oxygen atoms in total. The van der Waals surface area contributed by atoms with Gasteiger partial charge in [-0.2, -0.15) is 5.26 Å². The summed E-state index contributed by atoms with van der Waals surface area (Å²) in [5.41, 5.74) is 6.98. The minimum absolute atomic E-state index is 0.493.